The molecule has 0 bridgehead atoms. The van der Waals surface area contributed by atoms with Crippen LogP contribution in [0.4, 0.5) is 0 Å². The molecule has 0 aliphatic heterocycles. The monoisotopic (exact) mass is 635 g/mol. The topological polar surface area (TPSA) is 38.7 Å². The Morgan fingerprint density at radius 2 is 0.760 bits per heavy atom. The number of fused-ring (bicyclic) bond motifs is 7. The summed E-state index contributed by atoms with van der Waals surface area (Å²) in [4.78, 5) is 15.2. The van der Waals surface area contributed by atoms with Crippen LogP contribution in [-0.2, 0) is 0 Å². The SMILES string of the molecule is c1ccc(-c2nc(-c3ccc4ccccc4c3)nc(-c3ccc(-c4ccc5ccc6c7ccccc7ccc6c5c4)c4ccccc34)n2)cc1. The van der Waals surface area contributed by atoms with Crippen molar-refractivity contribution in [3.05, 3.63) is 176 Å². The van der Waals surface area contributed by atoms with Crippen molar-refractivity contribution in [2.45, 2.75) is 0 Å². The molecule has 1 aromatic heterocycles. The number of benzene rings is 9. The quantitative estimate of drug-likeness (QED) is 0.181. The number of hydrogen-bond donors (Lipinski definition) is 0. The lowest BCUT2D eigenvalue weighted by molar-refractivity contribution is 1.08. The molecule has 0 fully saturated rings. The molecular weight excluding hydrogens is 607 g/mol. The van der Waals surface area contributed by atoms with E-state index in [9.17, 15) is 0 Å². The van der Waals surface area contributed by atoms with Crippen molar-refractivity contribution in [1.82, 2.24) is 15.0 Å². The highest BCUT2D eigenvalue weighted by molar-refractivity contribution is 6.18. The van der Waals surface area contributed by atoms with Crippen molar-refractivity contribution in [1.29, 1.82) is 0 Å². The first-order chi connectivity index (χ1) is 24.8. The van der Waals surface area contributed by atoms with Crippen LogP contribution in [0.2, 0.25) is 0 Å². The molecule has 0 saturated heterocycles. The third kappa shape index (κ3) is 4.71. The lowest BCUT2D eigenvalue weighted by Gasteiger charge is -2.14. The molecule has 0 saturated carbocycles. The van der Waals surface area contributed by atoms with E-state index in [0.717, 1.165) is 32.8 Å². The Labute approximate surface area is 289 Å². The van der Waals surface area contributed by atoms with Crippen molar-refractivity contribution >= 4 is 53.9 Å². The lowest BCUT2D eigenvalue weighted by Crippen LogP contribution is -2.00. The van der Waals surface area contributed by atoms with Gasteiger partial charge in [0.2, 0.25) is 0 Å². The molecule has 0 unspecified atom stereocenters. The van der Waals surface area contributed by atoms with Crippen LogP contribution in [0, 0.1) is 0 Å². The first kappa shape index (κ1) is 28.3. The number of nitrogens with zero attached hydrogens (tertiary/aromatic N) is 3. The molecule has 0 radical (unpaired) electrons. The van der Waals surface area contributed by atoms with Crippen molar-refractivity contribution in [2.75, 3.05) is 0 Å². The highest BCUT2D eigenvalue weighted by atomic mass is 15.0. The molecular formula is C47H29N3. The zero-order valence-electron chi connectivity index (χ0n) is 27.1. The summed E-state index contributed by atoms with van der Waals surface area (Å²) in [7, 11) is 0. The van der Waals surface area contributed by atoms with Crippen LogP contribution in [0.3, 0.4) is 0 Å². The van der Waals surface area contributed by atoms with Gasteiger partial charge in [-0.15, -0.1) is 0 Å². The molecule has 0 spiro atoms. The van der Waals surface area contributed by atoms with E-state index >= 15 is 0 Å². The fraction of sp³-hybridized carbons (Fsp3) is 0. The van der Waals surface area contributed by atoms with Crippen molar-refractivity contribution in [3.63, 3.8) is 0 Å². The predicted molar refractivity (Wildman–Crippen MR) is 209 cm³/mol. The molecule has 10 rings (SSSR count). The summed E-state index contributed by atoms with van der Waals surface area (Å²) in [5.74, 6) is 1.96. The average molecular weight is 636 g/mol. The molecule has 50 heavy (non-hydrogen) atoms. The summed E-state index contributed by atoms with van der Waals surface area (Å²) < 4.78 is 0. The lowest BCUT2D eigenvalue weighted by atomic mass is 9.91. The Balaban J connectivity index is 1.16. The van der Waals surface area contributed by atoms with Gasteiger partial charge in [0.05, 0.1) is 0 Å². The van der Waals surface area contributed by atoms with Gasteiger partial charge in [0, 0.05) is 16.7 Å². The smallest absolute Gasteiger partial charge is 0.164 e. The van der Waals surface area contributed by atoms with Gasteiger partial charge in [0.1, 0.15) is 0 Å². The molecule has 1 heterocycles. The van der Waals surface area contributed by atoms with E-state index in [-0.39, 0.29) is 0 Å². The second-order valence-electron chi connectivity index (χ2n) is 12.8. The highest BCUT2D eigenvalue weighted by Gasteiger charge is 2.17. The summed E-state index contributed by atoms with van der Waals surface area (Å²) >= 11 is 0. The van der Waals surface area contributed by atoms with Gasteiger partial charge in [0.15, 0.2) is 17.5 Å². The minimum absolute atomic E-state index is 0.654. The van der Waals surface area contributed by atoms with Crippen molar-refractivity contribution < 1.29 is 0 Å². The van der Waals surface area contributed by atoms with Gasteiger partial charge in [-0.1, -0.05) is 158 Å². The largest absolute Gasteiger partial charge is 0.208 e. The Hall–Kier alpha value is -6.71. The number of rotatable bonds is 4. The molecule has 0 amide bonds. The Morgan fingerprint density at radius 1 is 0.240 bits per heavy atom. The summed E-state index contributed by atoms with van der Waals surface area (Å²) in [6.45, 7) is 0. The molecule has 3 nitrogen and oxygen atoms in total. The molecule has 0 aliphatic rings. The van der Waals surface area contributed by atoms with E-state index in [0.29, 0.717) is 17.5 Å². The molecule has 232 valence electrons. The first-order valence-electron chi connectivity index (χ1n) is 16.9. The van der Waals surface area contributed by atoms with Crippen LogP contribution < -0.4 is 0 Å². The molecule has 0 aliphatic carbocycles. The summed E-state index contributed by atoms with van der Waals surface area (Å²) in [6, 6.07) is 62.4. The van der Waals surface area contributed by atoms with E-state index < -0.39 is 0 Å². The van der Waals surface area contributed by atoms with Gasteiger partial charge in [-0.05, 0) is 83.2 Å². The molecule has 9 aromatic carbocycles. The van der Waals surface area contributed by atoms with Crippen molar-refractivity contribution in [2.24, 2.45) is 0 Å². The van der Waals surface area contributed by atoms with E-state index in [4.69, 9.17) is 15.0 Å². The van der Waals surface area contributed by atoms with Gasteiger partial charge < -0.3 is 0 Å². The van der Waals surface area contributed by atoms with Gasteiger partial charge in [0.25, 0.3) is 0 Å². The van der Waals surface area contributed by atoms with E-state index in [2.05, 4.69) is 158 Å². The Bertz CT molecular complexity index is 2930. The van der Waals surface area contributed by atoms with E-state index in [1.165, 1.54) is 48.8 Å². The molecule has 3 heteroatoms. The Morgan fingerprint density at radius 3 is 1.56 bits per heavy atom. The van der Waals surface area contributed by atoms with Crippen LogP contribution in [0.15, 0.2) is 176 Å². The van der Waals surface area contributed by atoms with Gasteiger partial charge in [-0.2, -0.15) is 0 Å². The first-order valence-corrected chi connectivity index (χ1v) is 16.9. The normalized spacial score (nSPS) is 11.6. The summed E-state index contributed by atoms with van der Waals surface area (Å²) in [5.41, 5.74) is 5.25. The number of hydrogen-bond acceptors (Lipinski definition) is 3. The minimum Gasteiger partial charge on any atom is -0.208 e. The molecule has 10 aromatic rings. The maximum Gasteiger partial charge on any atom is 0.164 e. The second kappa shape index (κ2) is 11.5. The van der Waals surface area contributed by atoms with Crippen molar-refractivity contribution in [3.8, 4) is 45.3 Å². The predicted octanol–water partition coefficient (Wildman–Crippen LogP) is 12.3. The molecule has 0 atom stereocenters. The summed E-state index contributed by atoms with van der Waals surface area (Å²) in [5, 5.41) is 12.2. The number of aromatic nitrogens is 3. The van der Waals surface area contributed by atoms with E-state index in [1.807, 2.05) is 18.2 Å². The van der Waals surface area contributed by atoms with Gasteiger partial charge in [-0.25, -0.2) is 15.0 Å². The van der Waals surface area contributed by atoms with Gasteiger partial charge in [-0.3, -0.25) is 0 Å². The third-order valence-electron chi connectivity index (χ3n) is 9.89. The zero-order valence-corrected chi connectivity index (χ0v) is 27.1. The minimum atomic E-state index is 0.654. The summed E-state index contributed by atoms with van der Waals surface area (Å²) in [6.07, 6.45) is 0. The maximum atomic E-state index is 5.14. The Kier molecular flexibility index (Phi) is 6.49. The van der Waals surface area contributed by atoms with E-state index in [1.54, 1.807) is 0 Å². The average Bonchev–Trinajstić information content (AvgIpc) is 3.20. The van der Waals surface area contributed by atoms with Crippen LogP contribution in [0.25, 0.3) is 99.2 Å². The maximum absolute atomic E-state index is 5.14. The second-order valence-corrected chi connectivity index (χ2v) is 12.8. The highest BCUT2D eigenvalue weighted by Crippen LogP contribution is 2.39. The van der Waals surface area contributed by atoms with Crippen LogP contribution >= 0.6 is 0 Å². The fourth-order valence-corrected chi connectivity index (χ4v) is 7.40. The van der Waals surface area contributed by atoms with Crippen LogP contribution in [-0.4, -0.2) is 15.0 Å². The molecule has 0 N–H and O–H groups in total. The van der Waals surface area contributed by atoms with Crippen LogP contribution in [0.5, 0.6) is 0 Å². The zero-order chi connectivity index (χ0) is 33.0. The third-order valence-corrected chi connectivity index (χ3v) is 9.89. The van der Waals surface area contributed by atoms with Crippen LogP contribution in [0.1, 0.15) is 0 Å². The standard InChI is InChI=1S/C47H29N3/c1-2-12-33(13-3-1)45-48-46(36-21-18-30-10-4-5-14-34(30)28-36)50-47(49-45)43-27-26-38(39-16-8-9-17-40(39)43)35-20-19-32-23-24-41-37-15-7-6-11-31(37)22-25-42(41)44(32)29-35/h1-29H. The fourth-order valence-electron chi connectivity index (χ4n) is 7.40. The van der Waals surface area contributed by atoms with Gasteiger partial charge >= 0.3 is 0 Å².